The number of anilines is 1. The lowest BCUT2D eigenvalue weighted by Crippen LogP contribution is -2.34. The molecule has 2 nitrogen and oxygen atoms in total. The molecule has 0 fully saturated rings. The Labute approximate surface area is 140 Å². The van der Waals surface area contributed by atoms with Crippen molar-refractivity contribution in [3.05, 3.63) is 59.4 Å². The fourth-order valence-corrected chi connectivity index (χ4v) is 3.91. The largest absolute Gasteiger partial charge is 0.371 e. The second kappa shape index (κ2) is 6.74. The van der Waals surface area contributed by atoms with Crippen LogP contribution in [0.2, 0.25) is 0 Å². The van der Waals surface area contributed by atoms with E-state index in [1.807, 2.05) is 6.20 Å². The standard InChI is InChI=1S/C21H28N2/c1-15(2)21-17(9-7-13-22-21)12-11-16(3)20-14-18-8-5-6-10-19(18)23(20)4/h5-10,13,15-16,20H,11-12,14H2,1-4H3. The maximum absolute atomic E-state index is 4.59. The monoisotopic (exact) mass is 308 g/mol. The van der Waals surface area contributed by atoms with Crippen LogP contribution in [-0.4, -0.2) is 18.1 Å². The third-order valence-electron chi connectivity index (χ3n) is 5.30. The topological polar surface area (TPSA) is 16.1 Å². The van der Waals surface area contributed by atoms with Gasteiger partial charge in [-0.25, -0.2) is 0 Å². The van der Waals surface area contributed by atoms with Crippen molar-refractivity contribution in [3.8, 4) is 0 Å². The second-order valence-electron chi connectivity index (χ2n) is 7.23. The van der Waals surface area contributed by atoms with Crippen molar-refractivity contribution in [2.45, 2.75) is 52.0 Å². The van der Waals surface area contributed by atoms with Gasteiger partial charge in [0.2, 0.25) is 0 Å². The summed E-state index contributed by atoms with van der Waals surface area (Å²) in [6.45, 7) is 6.87. The summed E-state index contributed by atoms with van der Waals surface area (Å²) in [6.07, 6.45) is 5.44. The van der Waals surface area contributed by atoms with Crippen LogP contribution in [0.1, 0.15) is 49.9 Å². The molecule has 0 saturated heterocycles. The maximum atomic E-state index is 4.59. The molecule has 2 heterocycles. The highest BCUT2D eigenvalue weighted by Crippen LogP contribution is 2.35. The van der Waals surface area contributed by atoms with Gasteiger partial charge >= 0.3 is 0 Å². The summed E-state index contributed by atoms with van der Waals surface area (Å²) in [7, 11) is 2.25. The number of benzene rings is 1. The molecule has 0 amide bonds. The molecular weight excluding hydrogens is 280 g/mol. The molecule has 0 spiro atoms. The van der Waals surface area contributed by atoms with Crippen molar-refractivity contribution in [1.82, 2.24) is 4.98 Å². The molecule has 1 aliphatic rings. The van der Waals surface area contributed by atoms with Crippen LogP contribution >= 0.6 is 0 Å². The highest BCUT2D eigenvalue weighted by Gasteiger charge is 2.30. The van der Waals surface area contributed by atoms with Crippen LogP contribution < -0.4 is 4.90 Å². The van der Waals surface area contributed by atoms with Gasteiger partial charge in [0.15, 0.2) is 0 Å². The average Bonchev–Trinajstić information content (AvgIpc) is 2.90. The van der Waals surface area contributed by atoms with Crippen LogP contribution in [0.4, 0.5) is 5.69 Å². The predicted octanol–water partition coefficient (Wildman–Crippen LogP) is 4.83. The Hall–Kier alpha value is -1.83. The smallest absolute Gasteiger partial charge is 0.0460 e. The Morgan fingerprint density at radius 3 is 2.65 bits per heavy atom. The van der Waals surface area contributed by atoms with Gasteiger partial charge in [0, 0.05) is 30.7 Å². The number of nitrogens with zero attached hydrogens (tertiary/aromatic N) is 2. The zero-order chi connectivity index (χ0) is 16.4. The van der Waals surface area contributed by atoms with Crippen molar-refractivity contribution in [2.75, 3.05) is 11.9 Å². The molecule has 0 bridgehead atoms. The number of hydrogen-bond donors (Lipinski definition) is 0. The van der Waals surface area contributed by atoms with Crippen LogP contribution in [0, 0.1) is 5.92 Å². The van der Waals surface area contributed by atoms with E-state index in [0.29, 0.717) is 17.9 Å². The van der Waals surface area contributed by atoms with Crippen LogP contribution in [-0.2, 0) is 12.8 Å². The first-order chi connectivity index (χ1) is 11.1. The quantitative estimate of drug-likeness (QED) is 0.786. The van der Waals surface area contributed by atoms with Crippen LogP contribution in [0.3, 0.4) is 0 Å². The molecule has 3 rings (SSSR count). The number of pyridine rings is 1. The highest BCUT2D eigenvalue weighted by atomic mass is 15.2. The zero-order valence-corrected chi connectivity index (χ0v) is 14.8. The fraction of sp³-hybridized carbons (Fsp3) is 0.476. The number of aryl methyl sites for hydroxylation is 1. The maximum Gasteiger partial charge on any atom is 0.0460 e. The van der Waals surface area contributed by atoms with E-state index in [-0.39, 0.29) is 0 Å². The van der Waals surface area contributed by atoms with Crippen LogP contribution in [0.15, 0.2) is 42.6 Å². The van der Waals surface area contributed by atoms with E-state index < -0.39 is 0 Å². The highest BCUT2D eigenvalue weighted by molar-refractivity contribution is 5.58. The van der Waals surface area contributed by atoms with Gasteiger partial charge in [0.05, 0.1) is 0 Å². The van der Waals surface area contributed by atoms with Gasteiger partial charge in [-0.3, -0.25) is 4.98 Å². The summed E-state index contributed by atoms with van der Waals surface area (Å²) in [5.41, 5.74) is 5.60. The van der Waals surface area contributed by atoms with Gasteiger partial charge in [-0.05, 0) is 54.4 Å². The molecule has 122 valence electrons. The van der Waals surface area contributed by atoms with E-state index in [9.17, 15) is 0 Å². The van der Waals surface area contributed by atoms with E-state index in [0.717, 1.165) is 6.42 Å². The minimum absolute atomic E-state index is 0.500. The Morgan fingerprint density at radius 2 is 1.91 bits per heavy atom. The molecule has 0 radical (unpaired) electrons. The number of rotatable bonds is 5. The normalized spacial score (nSPS) is 18.3. The number of aromatic nitrogens is 1. The molecule has 2 aromatic rings. The van der Waals surface area contributed by atoms with Crippen LogP contribution in [0.25, 0.3) is 0 Å². The van der Waals surface area contributed by atoms with E-state index >= 15 is 0 Å². The molecule has 2 heteroatoms. The summed E-state index contributed by atoms with van der Waals surface area (Å²) < 4.78 is 0. The minimum atomic E-state index is 0.500. The third-order valence-corrected chi connectivity index (χ3v) is 5.30. The number of likely N-dealkylation sites (N-methyl/N-ethyl adjacent to an activating group) is 1. The molecule has 2 atom stereocenters. The Kier molecular flexibility index (Phi) is 4.70. The lowest BCUT2D eigenvalue weighted by atomic mass is 9.90. The summed E-state index contributed by atoms with van der Waals surface area (Å²) >= 11 is 0. The Balaban J connectivity index is 1.66. The molecule has 2 unspecified atom stereocenters. The number of hydrogen-bond acceptors (Lipinski definition) is 2. The molecule has 23 heavy (non-hydrogen) atoms. The van der Waals surface area contributed by atoms with E-state index in [2.05, 4.69) is 74.1 Å². The summed E-state index contributed by atoms with van der Waals surface area (Å²) in [4.78, 5) is 7.07. The summed E-state index contributed by atoms with van der Waals surface area (Å²) in [5, 5.41) is 0. The van der Waals surface area contributed by atoms with Crippen molar-refractivity contribution in [3.63, 3.8) is 0 Å². The van der Waals surface area contributed by atoms with Gasteiger partial charge < -0.3 is 4.90 Å². The van der Waals surface area contributed by atoms with Gasteiger partial charge in [-0.15, -0.1) is 0 Å². The number of fused-ring (bicyclic) bond motifs is 1. The molecule has 1 aliphatic heterocycles. The molecule has 1 aromatic heterocycles. The third kappa shape index (κ3) is 3.26. The van der Waals surface area contributed by atoms with Crippen molar-refractivity contribution >= 4 is 5.69 Å². The first-order valence-electron chi connectivity index (χ1n) is 8.82. The lowest BCUT2D eigenvalue weighted by molar-refractivity contribution is 0.424. The zero-order valence-electron chi connectivity index (χ0n) is 14.8. The molecule has 0 aliphatic carbocycles. The van der Waals surface area contributed by atoms with E-state index in [1.54, 1.807) is 0 Å². The van der Waals surface area contributed by atoms with Gasteiger partial charge in [0.1, 0.15) is 0 Å². The second-order valence-corrected chi connectivity index (χ2v) is 7.23. The lowest BCUT2D eigenvalue weighted by Gasteiger charge is -2.28. The number of para-hydroxylation sites is 1. The molecule has 0 saturated carbocycles. The first kappa shape index (κ1) is 16.0. The molecule has 1 aromatic carbocycles. The molecular formula is C21H28N2. The first-order valence-corrected chi connectivity index (χ1v) is 8.82. The van der Waals surface area contributed by atoms with Gasteiger partial charge in [-0.1, -0.05) is 45.0 Å². The van der Waals surface area contributed by atoms with Gasteiger partial charge in [0.25, 0.3) is 0 Å². The average molecular weight is 308 g/mol. The van der Waals surface area contributed by atoms with Crippen molar-refractivity contribution in [1.29, 1.82) is 0 Å². The summed E-state index contributed by atoms with van der Waals surface area (Å²) in [6, 6.07) is 13.8. The van der Waals surface area contributed by atoms with Gasteiger partial charge in [-0.2, -0.15) is 0 Å². The molecule has 0 N–H and O–H groups in total. The van der Waals surface area contributed by atoms with E-state index in [4.69, 9.17) is 0 Å². The summed E-state index contributed by atoms with van der Waals surface area (Å²) in [5.74, 6) is 1.17. The van der Waals surface area contributed by atoms with Crippen molar-refractivity contribution < 1.29 is 0 Å². The minimum Gasteiger partial charge on any atom is -0.371 e. The van der Waals surface area contributed by atoms with Crippen molar-refractivity contribution in [2.24, 2.45) is 5.92 Å². The Morgan fingerprint density at radius 1 is 1.13 bits per heavy atom. The van der Waals surface area contributed by atoms with E-state index in [1.165, 1.54) is 35.3 Å². The fourth-order valence-electron chi connectivity index (χ4n) is 3.91. The predicted molar refractivity (Wildman–Crippen MR) is 98.1 cm³/mol. The Bertz CT molecular complexity index is 662. The van der Waals surface area contributed by atoms with Crippen LogP contribution in [0.5, 0.6) is 0 Å². The SMILES string of the molecule is CC(C)c1ncccc1CCC(C)C1Cc2ccccc2N1C.